The van der Waals surface area contributed by atoms with Gasteiger partial charge in [-0.15, -0.1) is 10.2 Å². The van der Waals surface area contributed by atoms with Gasteiger partial charge in [0.05, 0.1) is 6.04 Å². The van der Waals surface area contributed by atoms with Crippen molar-refractivity contribution in [2.24, 2.45) is 0 Å². The molecule has 1 aliphatic rings. The van der Waals surface area contributed by atoms with E-state index in [0.29, 0.717) is 23.4 Å². The number of pyridine rings is 2. The minimum absolute atomic E-state index is 0.0823. The van der Waals surface area contributed by atoms with Gasteiger partial charge in [0.2, 0.25) is 0 Å². The molecular weight excluding hydrogens is 439 g/mol. The molecule has 7 nitrogen and oxygen atoms in total. The predicted octanol–water partition coefficient (Wildman–Crippen LogP) is 4.30. The molecule has 0 saturated carbocycles. The van der Waals surface area contributed by atoms with Crippen molar-refractivity contribution in [3.05, 3.63) is 64.8 Å². The molecule has 0 radical (unpaired) electrons. The molecule has 5 rings (SSSR count). The smallest absolute Gasteiger partial charge is 0.278 e. The van der Waals surface area contributed by atoms with Crippen molar-refractivity contribution >= 4 is 33.8 Å². The number of hydrogen-bond acceptors (Lipinski definition) is 7. The number of nitrogens with zero attached hydrogens (tertiary/aromatic N) is 5. The first kappa shape index (κ1) is 21.5. The van der Waals surface area contributed by atoms with Crippen LogP contribution in [0.1, 0.15) is 33.9 Å². The molecule has 168 valence electrons. The van der Waals surface area contributed by atoms with Crippen LogP contribution in [0.25, 0.3) is 21.3 Å². The molecule has 1 N–H and O–H groups in total. The van der Waals surface area contributed by atoms with Crippen molar-refractivity contribution in [3.8, 4) is 10.6 Å². The summed E-state index contributed by atoms with van der Waals surface area (Å²) in [5, 5.41) is 14.7. The highest BCUT2D eigenvalue weighted by molar-refractivity contribution is 7.14. The Bertz CT molecular complexity index is 1320. The Morgan fingerprint density at radius 3 is 2.76 bits per heavy atom. The molecule has 4 aromatic rings. The summed E-state index contributed by atoms with van der Waals surface area (Å²) < 4.78 is 14.1. The molecule has 0 bridgehead atoms. The fourth-order valence-electron chi connectivity index (χ4n) is 4.31. The van der Waals surface area contributed by atoms with Crippen molar-refractivity contribution < 1.29 is 9.18 Å². The Kier molecular flexibility index (Phi) is 5.82. The Labute approximate surface area is 194 Å². The maximum Gasteiger partial charge on any atom is 0.278 e. The van der Waals surface area contributed by atoms with Crippen LogP contribution in [0.15, 0.2) is 42.7 Å². The lowest BCUT2D eigenvalue weighted by molar-refractivity contribution is 0.0967. The van der Waals surface area contributed by atoms with Crippen molar-refractivity contribution in [2.75, 3.05) is 18.0 Å². The number of carbonyl (C=O) groups excluding carboxylic acids is 1. The molecule has 3 aromatic heterocycles. The van der Waals surface area contributed by atoms with Crippen LogP contribution in [-0.4, -0.2) is 45.2 Å². The lowest BCUT2D eigenvalue weighted by Gasteiger charge is -2.34. The van der Waals surface area contributed by atoms with Gasteiger partial charge >= 0.3 is 0 Å². The number of piperidine rings is 1. The number of amides is 1. The van der Waals surface area contributed by atoms with E-state index in [-0.39, 0.29) is 17.8 Å². The van der Waals surface area contributed by atoms with Gasteiger partial charge < -0.3 is 5.32 Å². The standard InChI is InChI=1S/C24H23FN6OS/c1-14-10-18(25)11-16-7-9-27-22(21(14)16)31(19-4-3-8-26-13-19)24(32)20-6-5-17(12-28-20)23-30-29-15(2)33-23/h5-7,9-12,19,26H,3-4,8,13H2,1-2H3. The second kappa shape index (κ2) is 8.92. The Balaban J connectivity index is 1.58. The first-order valence-electron chi connectivity index (χ1n) is 10.9. The maximum atomic E-state index is 14.1. The number of carbonyl (C=O) groups is 1. The first-order valence-corrected chi connectivity index (χ1v) is 11.7. The monoisotopic (exact) mass is 462 g/mol. The van der Waals surface area contributed by atoms with Gasteiger partial charge in [0, 0.05) is 29.9 Å². The highest BCUT2D eigenvalue weighted by Crippen LogP contribution is 2.32. The molecule has 1 aromatic carbocycles. The number of halogens is 1. The summed E-state index contributed by atoms with van der Waals surface area (Å²) in [6.07, 6.45) is 5.08. The summed E-state index contributed by atoms with van der Waals surface area (Å²) in [7, 11) is 0. The Morgan fingerprint density at radius 1 is 1.18 bits per heavy atom. The van der Waals surface area contributed by atoms with Crippen LogP contribution in [-0.2, 0) is 0 Å². The predicted molar refractivity (Wildman–Crippen MR) is 127 cm³/mol. The van der Waals surface area contributed by atoms with Gasteiger partial charge in [0.25, 0.3) is 5.91 Å². The zero-order chi connectivity index (χ0) is 22.9. The van der Waals surface area contributed by atoms with Gasteiger partial charge in [-0.3, -0.25) is 14.7 Å². The van der Waals surface area contributed by atoms with E-state index in [9.17, 15) is 9.18 Å². The highest BCUT2D eigenvalue weighted by Gasteiger charge is 2.31. The second-order valence-corrected chi connectivity index (χ2v) is 9.37. The molecule has 1 saturated heterocycles. The van der Waals surface area contributed by atoms with Crippen LogP contribution in [0.5, 0.6) is 0 Å². The van der Waals surface area contributed by atoms with Crippen molar-refractivity contribution in [3.63, 3.8) is 0 Å². The fourth-order valence-corrected chi connectivity index (χ4v) is 5.00. The van der Waals surface area contributed by atoms with E-state index in [4.69, 9.17) is 0 Å². The van der Waals surface area contributed by atoms with Gasteiger partial charge in [0.15, 0.2) is 0 Å². The van der Waals surface area contributed by atoms with E-state index in [2.05, 4.69) is 25.5 Å². The molecule has 1 atom stereocenters. The lowest BCUT2D eigenvalue weighted by atomic mass is 10.0. The van der Waals surface area contributed by atoms with Gasteiger partial charge in [-0.1, -0.05) is 11.3 Å². The molecular formula is C24H23FN6OS. The van der Waals surface area contributed by atoms with Gasteiger partial charge in [0.1, 0.15) is 27.3 Å². The minimum atomic E-state index is -0.307. The molecule has 1 aliphatic heterocycles. The summed E-state index contributed by atoms with van der Waals surface area (Å²) in [6.45, 7) is 5.31. The van der Waals surface area contributed by atoms with E-state index in [1.54, 1.807) is 29.4 Å². The van der Waals surface area contributed by atoms with Crippen molar-refractivity contribution in [1.29, 1.82) is 0 Å². The largest absolute Gasteiger partial charge is 0.315 e. The van der Waals surface area contributed by atoms with Crippen LogP contribution >= 0.6 is 11.3 Å². The Morgan fingerprint density at radius 2 is 2.06 bits per heavy atom. The van der Waals surface area contributed by atoms with E-state index in [1.807, 2.05) is 19.9 Å². The summed E-state index contributed by atoms with van der Waals surface area (Å²) in [6, 6.07) is 8.21. The van der Waals surface area contributed by atoms with Crippen LogP contribution in [0.3, 0.4) is 0 Å². The number of benzene rings is 1. The molecule has 1 unspecified atom stereocenters. The highest BCUT2D eigenvalue weighted by atomic mass is 32.1. The molecule has 33 heavy (non-hydrogen) atoms. The van der Waals surface area contributed by atoms with E-state index >= 15 is 0 Å². The van der Waals surface area contributed by atoms with Crippen LogP contribution in [0.4, 0.5) is 10.2 Å². The van der Waals surface area contributed by atoms with Gasteiger partial charge in [-0.05, 0) is 74.5 Å². The molecule has 1 amide bonds. The third kappa shape index (κ3) is 4.21. The number of aromatic nitrogens is 4. The van der Waals surface area contributed by atoms with Crippen LogP contribution in [0, 0.1) is 19.7 Å². The van der Waals surface area contributed by atoms with Gasteiger partial charge in [-0.25, -0.2) is 9.37 Å². The average molecular weight is 463 g/mol. The number of anilines is 1. The van der Waals surface area contributed by atoms with Crippen molar-refractivity contribution in [1.82, 2.24) is 25.5 Å². The fraction of sp³-hybridized carbons (Fsp3) is 0.292. The summed E-state index contributed by atoms with van der Waals surface area (Å²) in [5.74, 6) is 0.000252. The maximum absolute atomic E-state index is 14.1. The number of nitrogens with one attached hydrogen (secondary N) is 1. The minimum Gasteiger partial charge on any atom is -0.315 e. The number of rotatable bonds is 4. The van der Waals surface area contributed by atoms with E-state index < -0.39 is 0 Å². The summed E-state index contributed by atoms with van der Waals surface area (Å²) in [4.78, 5) is 24.6. The molecule has 9 heteroatoms. The third-order valence-electron chi connectivity index (χ3n) is 5.84. The van der Waals surface area contributed by atoms with Crippen molar-refractivity contribution in [2.45, 2.75) is 32.7 Å². The summed E-state index contributed by atoms with van der Waals surface area (Å²) in [5.41, 5.74) is 1.88. The zero-order valence-corrected chi connectivity index (χ0v) is 19.2. The third-order valence-corrected chi connectivity index (χ3v) is 6.73. The molecule has 0 aliphatic carbocycles. The molecule has 1 fully saturated rings. The SMILES string of the molecule is Cc1nnc(-c2ccc(C(=O)N(c3nccc4cc(F)cc(C)c34)C3CCCNC3)nc2)s1. The van der Waals surface area contributed by atoms with Gasteiger partial charge in [-0.2, -0.15) is 0 Å². The Hall–Kier alpha value is -3.30. The average Bonchev–Trinajstić information content (AvgIpc) is 3.26. The normalized spacial score (nSPS) is 16.2. The molecule has 4 heterocycles. The number of aryl methyl sites for hydroxylation is 2. The van der Waals surface area contributed by atoms with Crippen LogP contribution in [0.2, 0.25) is 0 Å². The van der Waals surface area contributed by atoms with E-state index in [1.165, 1.54) is 23.5 Å². The molecule has 0 spiro atoms. The number of hydrogen-bond donors (Lipinski definition) is 1. The number of fused-ring (bicyclic) bond motifs is 1. The lowest BCUT2D eigenvalue weighted by Crippen LogP contribution is -2.49. The quantitative estimate of drug-likeness (QED) is 0.487. The first-order chi connectivity index (χ1) is 16.0. The summed E-state index contributed by atoms with van der Waals surface area (Å²) >= 11 is 1.48. The second-order valence-electron chi connectivity index (χ2n) is 8.19. The topological polar surface area (TPSA) is 83.9 Å². The zero-order valence-electron chi connectivity index (χ0n) is 18.4. The van der Waals surface area contributed by atoms with Crippen LogP contribution < -0.4 is 10.2 Å². The van der Waals surface area contributed by atoms with E-state index in [0.717, 1.165) is 45.9 Å².